The van der Waals surface area contributed by atoms with Gasteiger partial charge in [-0.2, -0.15) is 13.2 Å². The van der Waals surface area contributed by atoms with Crippen molar-refractivity contribution < 1.29 is 18.3 Å². The van der Waals surface area contributed by atoms with Gasteiger partial charge in [-0.3, -0.25) is 0 Å². The zero-order valence-corrected chi connectivity index (χ0v) is 12.1. The summed E-state index contributed by atoms with van der Waals surface area (Å²) in [6, 6.07) is 0.512. The second-order valence-corrected chi connectivity index (χ2v) is 6.38. The Morgan fingerprint density at radius 1 is 1.00 bits per heavy atom. The largest absolute Gasteiger partial charge is 0.418 e. The molecule has 0 bridgehead atoms. The van der Waals surface area contributed by atoms with Gasteiger partial charge in [0.05, 0.1) is 0 Å². The van der Waals surface area contributed by atoms with E-state index in [9.17, 15) is 18.3 Å². The fourth-order valence-electron chi connectivity index (χ4n) is 3.29. The lowest BCUT2D eigenvalue weighted by atomic mass is 10.1. The molecule has 0 spiro atoms. The van der Waals surface area contributed by atoms with E-state index < -0.39 is 11.8 Å². The number of aliphatic hydroxyl groups is 1. The Bertz CT molecular complexity index is 314. The zero-order valence-electron chi connectivity index (χ0n) is 12.1. The molecule has 0 unspecified atom stereocenters. The summed E-state index contributed by atoms with van der Waals surface area (Å²) in [5.41, 5.74) is -2.61. The second kappa shape index (κ2) is 6.20. The maximum atomic E-state index is 12.7. The fourth-order valence-corrected chi connectivity index (χ4v) is 3.29. The summed E-state index contributed by atoms with van der Waals surface area (Å²) in [6.45, 7) is 4.11. The molecule has 6 heteroatoms. The normalized spacial score (nSPS) is 30.1. The summed E-state index contributed by atoms with van der Waals surface area (Å²) in [7, 11) is 0. The van der Waals surface area contributed by atoms with Crippen molar-refractivity contribution in [3.63, 3.8) is 0 Å². The first-order valence-corrected chi connectivity index (χ1v) is 7.55. The highest BCUT2D eigenvalue weighted by Crippen LogP contribution is 2.31. The Hall–Kier alpha value is -0.330. The number of hydrogen-bond acceptors (Lipinski definition) is 3. The topological polar surface area (TPSA) is 26.7 Å². The molecule has 0 amide bonds. The molecule has 0 aromatic carbocycles. The fraction of sp³-hybridized carbons (Fsp3) is 1.00. The maximum absolute atomic E-state index is 12.7. The Labute approximate surface area is 118 Å². The number of likely N-dealkylation sites (tertiary alicyclic amines) is 2. The third-order valence-electron chi connectivity index (χ3n) is 4.59. The van der Waals surface area contributed by atoms with Crippen molar-refractivity contribution in [3.8, 4) is 0 Å². The number of rotatable bonds is 3. The van der Waals surface area contributed by atoms with Crippen LogP contribution < -0.4 is 0 Å². The van der Waals surface area contributed by atoms with E-state index in [0.29, 0.717) is 19.1 Å². The second-order valence-electron chi connectivity index (χ2n) is 6.38. The molecule has 2 atom stereocenters. The predicted octanol–water partition coefficient (Wildman–Crippen LogP) is 2.25. The summed E-state index contributed by atoms with van der Waals surface area (Å²) in [6.07, 6.45) is 0.799. The van der Waals surface area contributed by atoms with Gasteiger partial charge < -0.3 is 14.9 Å². The van der Waals surface area contributed by atoms with E-state index in [1.54, 1.807) is 4.90 Å². The third-order valence-corrected chi connectivity index (χ3v) is 4.59. The molecule has 2 fully saturated rings. The standard InChI is InChI=1S/C14H25F3N2O/c1-13(20,14(15,16)17)11-18-7-4-5-12(6-10-18)19-8-2-3-9-19/h12,20H,2-11H2,1H3/t12-,13-/m1/s1. The van der Waals surface area contributed by atoms with E-state index in [4.69, 9.17) is 0 Å². The van der Waals surface area contributed by atoms with Crippen molar-refractivity contribution in [2.24, 2.45) is 0 Å². The third kappa shape index (κ3) is 3.86. The molecule has 0 aromatic heterocycles. The zero-order chi connectivity index (χ0) is 14.8. The Kier molecular flexibility index (Phi) is 4.97. The van der Waals surface area contributed by atoms with Crippen molar-refractivity contribution in [3.05, 3.63) is 0 Å². The number of β-amino-alcohol motifs (C(OH)–C–C–N with tert-alkyl or cyclic N) is 1. The van der Waals surface area contributed by atoms with E-state index in [2.05, 4.69) is 4.90 Å². The van der Waals surface area contributed by atoms with E-state index >= 15 is 0 Å². The van der Waals surface area contributed by atoms with Gasteiger partial charge in [0.25, 0.3) is 0 Å². The van der Waals surface area contributed by atoms with Crippen molar-refractivity contribution >= 4 is 0 Å². The van der Waals surface area contributed by atoms with Crippen LogP contribution in [0.25, 0.3) is 0 Å². The molecular weight excluding hydrogens is 269 g/mol. The summed E-state index contributed by atoms with van der Waals surface area (Å²) >= 11 is 0. The van der Waals surface area contributed by atoms with E-state index in [0.717, 1.165) is 39.3 Å². The number of hydrogen-bond donors (Lipinski definition) is 1. The van der Waals surface area contributed by atoms with Gasteiger partial charge in [0.2, 0.25) is 0 Å². The lowest BCUT2D eigenvalue weighted by Gasteiger charge is -2.32. The molecule has 0 aromatic rings. The first-order valence-electron chi connectivity index (χ1n) is 7.55. The number of halogens is 3. The lowest BCUT2D eigenvalue weighted by molar-refractivity contribution is -0.257. The molecule has 118 valence electrons. The Morgan fingerprint density at radius 2 is 1.65 bits per heavy atom. The molecule has 2 heterocycles. The van der Waals surface area contributed by atoms with Gasteiger partial charge in [0.1, 0.15) is 0 Å². The molecular formula is C14H25F3N2O. The van der Waals surface area contributed by atoms with Gasteiger partial charge in [-0.25, -0.2) is 0 Å². The van der Waals surface area contributed by atoms with Crippen molar-refractivity contribution in [2.75, 3.05) is 32.7 Å². The quantitative estimate of drug-likeness (QED) is 0.865. The molecule has 0 aliphatic carbocycles. The molecule has 0 radical (unpaired) electrons. The van der Waals surface area contributed by atoms with Crippen LogP contribution in [0.4, 0.5) is 13.2 Å². The molecule has 3 nitrogen and oxygen atoms in total. The van der Waals surface area contributed by atoms with Gasteiger partial charge in [0, 0.05) is 12.6 Å². The predicted molar refractivity (Wildman–Crippen MR) is 71.6 cm³/mol. The minimum absolute atomic E-state index is 0.316. The highest BCUT2D eigenvalue weighted by Gasteiger charge is 2.50. The van der Waals surface area contributed by atoms with E-state index in [-0.39, 0.29) is 6.54 Å². The Balaban J connectivity index is 1.86. The van der Waals surface area contributed by atoms with Crippen LogP contribution in [0.1, 0.15) is 39.0 Å². The minimum atomic E-state index is -4.56. The molecule has 2 rings (SSSR count). The minimum Gasteiger partial charge on any atom is -0.380 e. The molecule has 2 aliphatic rings. The van der Waals surface area contributed by atoms with Crippen LogP contribution in [0.5, 0.6) is 0 Å². The summed E-state index contributed by atoms with van der Waals surface area (Å²) in [5, 5.41) is 9.60. The van der Waals surface area contributed by atoms with Crippen molar-refractivity contribution in [1.82, 2.24) is 9.80 Å². The summed E-state index contributed by atoms with van der Waals surface area (Å²) in [5.74, 6) is 0. The van der Waals surface area contributed by atoms with Crippen LogP contribution >= 0.6 is 0 Å². The highest BCUT2D eigenvalue weighted by molar-refractivity contribution is 4.87. The maximum Gasteiger partial charge on any atom is 0.418 e. The number of alkyl halides is 3. The van der Waals surface area contributed by atoms with Crippen LogP contribution in [0.15, 0.2) is 0 Å². The lowest BCUT2D eigenvalue weighted by Crippen LogP contribution is -2.51. The first kappa shape index (κ1) is 16.0. The average Bonchev–Trinajstić information content (AvgIpc) is 2.76. The van der Waals surface area contributed by atoms with Crippen LogP contribution in [0.2, 0.25) is 0 Å². The van der Waals surface area contributed by atoms with Gasteiger partial charge in [-0.15, -0.1) is 0 Å². The Morgan fingerprint density at radius 3 is 2.25 bits per heavy atom. The average molecular weight is 294 g/mol. The molecule has 2 aliphatic heterocycles. The summed E-state index contributed by atoms with van der Waals surface area (Å²) < 4.78 is 38.2. The highest BCUT2D eigenvalue weighted by atomic mass is 19.4. The monoisotopic (exact) mass is 294 g/mol. The summed E-state index contributed by atoms with van der Waals surface area (Å²) in [4.78, 5) is 4.25. The van der Waals surface area contributed by atoms with Gasteiger partial charge in [-0.05, 0) is 65.2 Å². The van der Waals surface area contributed by atoms with E-state index in [1.807, 2.05) is 0 Å². The molecule has 20 heavy (non-hydrogen) atoms. The number of nitrogens with zero attached hydrogens (tertiary/aromatic N) is 2. The molecule has 0 saturated carbocycles. The van der Waals surface area contributed by atoms with Gasteiger partial charge >= 0.3 is 6.18 Å². The van der Waals surface area contributed by atoms with Crippen molar-refractivity contribution in [2.45, 2.75) is 56.8 Å². The molecule has 1 N–H and O–H groups in total. The SMILES string of the molecule is C[C@@](O)(CN1CCC[C@@H](N2CCCC2)CC1)C(F)(F)F. The van der Waals surface area contributed by atoms with Crippen LogP contribution in [0.3, 0.4) is 0 Å². The van der Waals surface area contributed by atoms with Gasteiger partial charge in [-0.1, -0.05) is 0 Å². The van der Waals surface area contributed by atoms with Crippen LogP contribution in [0, 0.1) is 0 Å². The molecule has 2 saturated heterocycles. The van der Waals surface area contributed by atoms with Crippen molar-refractivity contribution in [1.29, 1.82) is 0 Å². The van der Waals surface area contributed by atoms with Crippen LogP contribution in [-0.4, -0.2) is 65.4 Å². The smallest absolute Gasteiger partial charge is 0.380 e. The first-order chi connectivity index (χ1) is 9.29. The van der Waals surface area contributed by atoms with Gasteiger partial charge in [0.15, 0.2) is 5.60 Å². The van der Waals surface area contributed by atoms with E-state index in [1.165, 1.54) is 12.8 Å². The van der Waals surface area contributed by atoms with Crippen LogP contribution in [-0.2, 0) is 0 Å².